The van der Waals surface area contributed by atoms with Crippen molar-refractivity contribution in [2.45, 2.75) is 50.9 Å². The van der Waals surface area contributed by atoms with Crippen LogP contribution in [0.25, 0.3) is 53.6 Å². The predicted octanol–water partition coefficient (Wildman–Crippen LogP) is 16.8. The smallest absolute Gasteiger partial charge is 0.333 e. The molecule has 0 bridgehead atoms. The van der Waals surface area contributed by atoms with Gasteiger partial charge in [0.1, 0.15) is 0 Å². The number of hydrogen-bond donors (Lipinski definition) is 0. The lowest BCUT2D eigenvalue weighted by Gasteiger charge is -2.53. The Morgan fingerprint density at radius 1 is 0.472 bits per heavy atom. The van der Waals surface area contributed by atoms with Crippen LogP contribution in [0.15, 0.2) is 218 Å². The lowest BCUT2D eigenvalue weighted by Crippen LogP contribution is -2.63. The normalized spacial score (nSPS) is 14.9. The molecule has 0 fully saturated rings. The topological polar surface area (TPSA) is 6.48 Å². The number of aryl methyl sites for hydroxylation is 1. The van der Waals surface area contributed by atoms with Crippen LogP contribution in [0.4, 0.5) is 28.4 Å². The van der Waals surface area contributed by atoms with Crippen molar-refractivity contribution in [2.75, 3.05) is 9.71 Å². The quantitative estimate of drug-likeness (QED) is 0.147. The number of para-hydroxylation sites is 2. The molecule has 342 valence electrons. The van der Waals surface area contributed by atoms with Crippen LogP contribution < -0.4 is 20.6 Å². The van der Waals surface area contributed by atoms with Crippen LogP contribution in [-0.4, -0.2) is 6.85 Å². The number of anilines is 5. The van der Waals surface area contributed by atoms with Gasteiger partial charge in [-0.3, -0.25) is 0 Å². The number of unbranched alkanes of at least 4 members (excludes halogenated alkanes) is 1. The highest BCUT2D eigenvalue weighted by Crippen LogP contribution is 2.63. The van der Waals surface area contributed by atoms with Gasteiger partial charge in [0, 0.05) is 59.5 Å². The van der Waals surface area contributed by atoms with Gasteiger partial charge in [-0.15, -0.1) is 11.3 Å². The number of rotatable bonds is 7. The molecule has 0 N–H and O–H groups in total. The highest BCUT2D eigenvalue weighted by atomic mass is 32.1. The van der Waals surface area contributed by atoms with Gasteiger partial charge in [-0.05, 0) is 121 Å². The molecule has 0 unspecified atom stereocenters. The van der Waals surface area contributed by atoms with Gasteiger partial charge in [0.25, 0.3) is 0 Å². The van der Waals surface area contributed by atoms with E-state index in [-0.39, 0.29) is 12.3 Å². The standard InChI is InChI=1S/C68H51BN2S/c1-4-5-22-43-37-38-58(50(39-43)44-23-9-6-10-24-44)70-60-42-62-51(48-30-16-20-36-61(48)72-62)41-57(60)69-64-53(40-52-47-29-15-17-32-54(47)67(2,3)63(52)66(64)70)49-31-21-34-56-65(49)71(69)59-35-19-18-33-55(59)68(56,45-25-11-7-12-26-45)46-27-13-8-14-28-46/h6-21,23-42H,4-5,22H2,1-3H3. The van der Waals surface area contributed by atoms with E-state index in [1.165, 1.54) is 132 Å². The van der Waals surface area contributed by atoms with E-state index in [0.29, 0.717) is 0 Å². The molecule has 0 saturated carbocycles. The zero-order valence-corrected chi connectivity index (χ0v) is 41.6. The Hall–Kier alpha value is -7.92. The van der Waals surface area contributed by atoms with Crippen molar-refractivity contribution < 1.29 is 0 Å². The maximum absolute atomic E-state index is 2.79. The van der Waals surface area contributed by atoms with Crippen LogP contribution >= 0.6 is 11.3 Å². The number of benzene rings is 10. The van der Waals surface area contributed by atoms with E-state index >= 15 is 0 Å². The minimum absolute atomic E-state index is 0.155. The molecular weight excluding hydrogens is 888 g/mol. The number of thiophene rings is 1. The minimum Gasteiger partial charge on any atom is -0.376 e. The van der Waals surface area contributed by atoms with Crippen molar-refractivity contribution in [1.29, 1.82) is 0 Å². The highest BCUT2D eigenvalue weighted by Gasteiger charge is 2.55. The summed E-state index contributed by atoms with van der Waals surface area (Å²) < 4.78 is 2.63. The first-order chi connectivity index (χ1) is 35.5. The maximum Gasteiger partial charge on any atom is 0.333 e. The van der Waals surface area contributed by atoms with Crippen molar-refractivity contribution in [3.05, 3.63) is 257 Å². The molecule has 4 heteroatoms. The summed E-state index contributed by atoms with van der Waals surface area (Å²) in [7, 11) is 0. The zero-order valence-electron chi connectivity index (χ0n) is 40.8. The molecule has 0 amide bonds. The molecule has 3 aliphatic heterocycles. The van der Waals surface area contributed by atoms with Crippen LogP contribution in [-0.2, 0) is 17.3 Å². The molecule has 15 rings (SSSR count). The van der Waals surface area contributed by atoms with E-state index in [4.69, 9.17) is 0 Å². The summed E-state index contributed by atoms with van der Waals surface area (Å²) >= 11 is 1.92. The van der Waals surface area contributed by atoms with Crippen molar-refractivity contribution >= 4 is 77.7 Å². The zero-order chi connectivity index (χ0) is 47.9. The van der Waals surface area contributed by atoms with Gasteiger partial charge in [-0.2, -0.15) is 0 Å². The molecule has 0 atom stereocenters. The first-order valence-corrected chi connectivity index (χ1v) is 26.7. The van der Waals surface area contributed by atoms with Crippen molar-refractivity contribution in [2.24, 2.45) is 0 Å². The Balaban J connectivity index is 1.14. The third-order valence-electron chi connectivity index (χ3n) is 16.8. The Morgan fingerprint density at radius 2 is 1.14 bits per heavy atom. The van der Waals surface area contributed by atoms with Gasteiger partial charge >= 0.3 is 6.85 Å². The predicted molar refractivity (Wildman–Crippen MR) is 307 cm³/mol. The van der Waals surface area contributed by atoms with Crippen LogP contribution in [0.5, 0.6) is 0 Å². The summed E-state index contributed by atoms with van der Waals surface area (Å²) in [5.74, 6) is 0. The molecule has 1 aromatic heterocycles. The van der Waals surface area contributed by atoms with Gasteiger partial charge < -0.3 is 9.71 Å². The van der Waals surface area contributed by atoms with Gasteiger partial charge in [0.15, 0.2) is 0 Å². The fourth-order valence-electron chi connectivity index (χ4n) is 13.8. The molecule has 0 saturated heterocycles. The SMILES string of the molecule is CCCCc1ccc(N2c3cc4sc5ccccc5c4cc3B3c4c(cc5c(c42)C(C)(C)c2ccccc2-5)-c2cccc4c2N3c2ccccc2C4(c2ccccc2)c2ccccc2)c(-c2ccccc2)c1. The fraction of sp³-hybridized carbons (Fsp3) is 0.118. The molecule has 1 aliphatic carbocycles. The summed E-state index contributed by atoms with van der Waals surface area (Å²) in [6.45, 7) is 7.09. The van der Waals surface area contributed by atoms with E-state index in [2.05, 4.69) is 249 Å². The molecule has 2 nitrogen and oxygen atoms in total. The second-order valence-corrected chi connectivity index (χ2v) is 22.0. The molecule has 4 heterocycles. The van der Waals surface area contributed by atoms with Crippen molar-refractivity contribution in [3.63, 3.8) is 0 Å². The monoisotopic (exact) mass is 938 g/mol. The van der Waals surface area contributed by atoms with Gasteiger partial charge in [0.05, 0.1) is 11.1 Å². The summed E-state index contributed by atoms with van der Waals surface area (Å²) in [5, 5.41) is 2.63. The van der Waals surface area contributed by atoms with Crippen LogP contribution in [0, 0.1) is 0 Å². The van der Waals surface area contributed by atoms with Gasteiger partial charge in [-0.1, -0.05) is 209 Å². The fourth-order valence-corrected chi connectivity index (χ4v) is 14.9. The molecular formula is C68H51BN2S. The summed E-state index contributed by atoms with van der Waals surface area (Å²) in [6.07, 6.45) is 3.37. The Kier molecular flexibility index (Phi) is 9.03. The molecule has 4 aliphatic rings. The minimum atomic E-state index is -0.590. The van der Waals surface area contributed by atoms with Gasteiger partial charge in [0.2, 0.25) is 0 Å². The van der Waals surface area contributed by atoms with E-state index in [9.17, 15) is 0 Å². The molecule has 11 aromatic rings. The molecule has 0 radical (unpaired) electrons. The number of nitrogens with zero attached hydrogens (tertiary/aromatic N) is 2. The number of hydrogen-bond acceptors (Lipinski definition) is 3. The largest absolute Gasteiger partial charge is 0.376 e. The Labute approximate surface area is 426 Å². The summed E-state index contributed by atoms with van der Waals surface area (Å²) in [5.41, 5.74) is 25.2. The number of fused-ring (bicyclic) bond motifs is 13. The molecule has 10 aromatic carbocycles. The first-order valence-electron chi connectivity index (χ1n) is 25.9. The molecule has 72 heavy (non-hydrogen) atoms. The average molecular weight is 939 g/mol. The Bertz CT molecular complexity index is 3980. The average Bonchev–Trinajstić information content (AvgIpc) is 3.91. The van der Waals surface area contributed by atoms with E-state index in [1.807, 2.05) is 11.3 Å². The summed E-state index contributed by atoms with van der Waals surface area (Å²) in [4.78, 5) is 5.54. The van der Waals surface area contributed by atoms with E-state index in [1.54, 1.807) is 0 Å². The third kappa shape index (κ3) is 5.56. The maximum atomic E-state index is 2.79. The third-order valence-corrected chi connectivity index (χ3v) is 18.0. The van der Waals surface area contributed by atoms with Gasteiger partial charge in [-0.25, -0.2) is 0 Å². The lowest BCUT2D eigenvalue weighted by molar-refractivity contribution is 0.661. The summed E-state index contributed by atoms with van der Waals surface area (Å²) in [6, 6.07) is 83.8. The van der Waals surface area contributed by atoms with Crippen LogP contribution in [0.2, 0.25) is 0 Å². The first kappa shape index (κ1) is 41.8. The van der Waals surface area contributed by atoms with Crippen molar-refractivity contribution in [3.8, 4) is 33.4 Å². The van der Waals surface area contributed by atoms with E-state index < -0.39 is 5.41 Å². The van der Waals surface area contributed by atoms with Crippen LogP contribution in [0.1, 0.15) is 72.6 Å². The second-order valence-electron chi connectivity index (χ2n) is 20.9. The van der Waals surface area contributed by atoms with Crippen molar-refractivity contribution in [1.82, 2.24) is 0 Å². The Morgan fingerprint density at radius 3 is 1.92 bits per heavy atom. The van der Waals surface area contributed by atoms with Crippen LogP contribution in [0.3, 0.4) is 0 Å². The molecule has 0 spiro atoms. The highest BCUT2D eigenvalue weighted by molar-refractivity contribution is 7.26. The van der Waals surface area contributed by atoms with E-state index in [0.717, 1.165) is 19.3 Å². The lowest BCUT2D eigenvalue weighted by atomic mass is 9.41. The second kappa shape index (κ2) is 15.5.